The van der Waals surface area contributed by atoms with E-state index in [4.69, 9.17) is 0 Å². The summed E-state index contributed by atoms with van der Waals surface area (Å²) in [5.41, 5.74) is 1.08. The van der Waals surface area contributed by atoms with Crippen molar-refractivity contribution < 1.29 is 4.79 Å². The summed E-state index contributed by atoms with van der Waals surface area (Å²) in [6.45, 7) is 2.95. The third kappa shape index (κ3) is 4.57. The van der Waals surface area contributed by atoms with E-state index in [2.05, 4.69) is 39.3 Å². The molecule has 1 heterocycles. The molecule has 0 radical (unpaired) electrons. The second-order valence-corrected chi connectivity index (χ2v) is 6.07. The number of rotatable bonds is 4. The highest BCUT2D eigenvalue weighted by atomic mass is 127. The maximum Gasteiger partial charge on any atom is 0.224 e. The summed E-state index contributed by atoms with van der Waals surface area (Å²) >= 11 is 2.27. The van der Waals surface area contributed by atoms with Gasteiger partial charge in [-0.1, -0.05) is 12.1 Å². The molecule has 0 spiro atoms. The molecule has 1 unspecified atom stereocenters. The molecule has 18 heavy (non-hydrogen) atoms. The molecule has 1 amide bonds. The number of carbonyl (C=O) groups excluding carboxylic acids is 1. The van der Waals surface area contributed by atoms with E-state index in [0.717, 1.165) is 25.2 Å². The smallest absolute Gasteiger partial charge is 0.224 e. The Labute approximate surface area is 122 Å². The number of piperidine rings is 1. The van der Waals surface area contributed by atoms with Gasteiger partial charge in [-0.15, -0.1) is 0 Å². The Morgan fingerprint density at radius 2 is 2.39 bits per heavy atom. The first-order valence-corrected chi connectivity index (χ1v) is 7.54. The minimum atomic E-state index is 0.127. The molecular weight excluding hydrogens is 339 g/mol. The second-order valence-electron chi connectivity index (χ2n) is 4.82. The molecule has 1 saturated heterocycles. The van der Waals surface area contributed by atoms with Crippen LogP contribution in [0.25, 0.3) is 0 Å². The molecule has 3 nitrogen and oxygen atoms in total. The number of hydrogen-bond donors (Lipinski definition) is 2. The van der Waals surface area contributed by atoms with Gasteiger partial charge in [0.1, 0.15) is 0 Å². The molecule has 1 fully saturated rings. The minimum absolute atomic E-state index is 0.127. The van der Waals surface area contributed by atoms with Crippen molar-refractivity contribution >= 4 is 28.5 Å². The molecule has 1 aliphatic rings. The van der Waals surface area contributed by atoms with Crippen molar-refractivity contribution in [3.8, 4) is 0 Å². The summed E-state index contributed by atoms with van der Waals surface area (Å²) in [4.78, 5) is 11.8. The van der Waals surface area contributed by atoms with Crippen LogP contribution in [0, 0.1) is 9.49 Å². The predicted molar refractivity (Wildman–Crippen MR) is 81.5 cm³/mol. The van der Waals surface area contributed by atoms with Crippen LogP contribution in [-0.2, 0) is 11.2 Å². The first-order valence-electron chi connectivity index (χ1n) is 6.46. The van der Waals surface area contributed by atoms with Crippen LogP contribution < -0.4 is 10.6 Å². The number of benzene rings is 1. The lowest BCUT2D eigenvalue weighted by molar-refractivity contribution is -0.120. The standard InChI is InChI=1S/C14H19IN2O/c15-13-5-1-3-11(7-13)8-14(18)17-10-12-4-2-6-16-9-12/h1,3,5,7,12,16H,2,4,6,8-10H2,(H,17,18). The molecule has 1 aliphatic heterocycles. The van der Waals surface area contributed by atoms with E-state index in [1.807, 2.05) is 18.2 Å². The second kappa shape index (κ2) is 7.09. The highest BCUT2D eigenvalue weighted by Gasteiger charge is 2.13. The zero-order valence-electron chi connectivity index (χ0n) is 10.4. The Kier molecular flexibility index (Phi) is 5.44. The van der Waals surface area contributed by atoms with Gasteiger partial charge in [-0.2, -0.15) is 0 Å². The molecule has 2 N–H and O–H groups in total. The predicted octanol–water partition coefficient (Wildman–Crippen LogP) is 1.95. The normalized spacial score (nSPS) is 19.5. The van der Waals surface area contributed by atoms with E-state index in [9.17, 15) is 4.79 Å². The van der Waals surface area contributed by atoms with Crippen molar-refractivity contribution in [1.82, 2.24) is 10.6 Å². The van der Waals surface area contributed by atoms with Crippen LogP contribution in [0.3, 0.4) is 0 Å². The van der Waals surface area contributed by atoms with Crippen LogP contribution in [0.4, 0.5) is 0 Å². The molecule has 98 valence electrons. The Balaban J connectivity index is 1.74. The summed E-state index contributed by atoms with van der Waals surface area (Å²) in [7, 11) is 0. The van der Waals surface area contributed by atoms with Crippen molar-refractivity contribution in [2.24, 2.45) is 5.92 Å². The Morgan fingerprint density at radius 1 is 1.50 bits per heavy atom. The summed E-state index contributed by atoms with van der Waals surface area (Å²) in [5.74, 6) is 0.723. The van der Waals surface area contributed by atoms with Gasteiger partial charge >= 0.3 is 0 Å². The van der Waals surface area contributed by atoms with Crippen LogP contribution in [0.1, 0.15) is 18.4 Å². The van der Waals surface area contributed by atoms with Crippen LogP contribution in [0.5, 0.6) is 0 Å². The maximum atomic E-state index is 11.8. The zero-order valence-corrected chi connectivity index (χ0v) is 12.6. The molecule has 0 aliphatic carbocycles. The van der Waals surface area contributed by atoms with E-state index in [1.54, 1.807) is 0 Å². The lowest BCUT2D eigenvalue weighted by atomic mass is 10.00. The monoisotopic (exact) mass is 358 g/mol. The molecule has 1 aromatic carbocycles. The van der Waals surface area contributed by atoms with Gasteiger partial charge in [-0.3, -0.25) is 4.79 Å². The van der Waals surface area contributed by atoms with Gasteiger partial charge in [-0.05, 0) is 72.1 Å². The topological polar surface area (TPSA) is 41.1 Å². The largest absolute Gasteiger partial charge is 0.355 e. The van der Waals surface area contributed by atoms with Crippen LogP contribution in [0.15, 0.2) is 24.3 Å². The molecule has 4 heteroatoms. The molecular formula is C14H19IN2O. The van der Waals surface area contributed by atoms with Gasteiger partial charge in [-0.25, -0.2) is 0 Å². The minimum Gasteiger partial charge on any atom is -0.355 e. The third-order valence-corrected chi connectivity index (χ3v) is 3.91. The molecule has 1 aromatic rings. The summed E-state index contributed by atoms with van der Waals surface area (Å²) in [6, 6.07) is 8.09. The maximum absolute atomic E-state index is 11.8. The van der Waals surface area contributed by atoms with E-state index in [1.165, 1.54) is 16.4 Å². The first kappa shape index (κ1) is 13.8. The number of amides is 1. The zero-order chi connectivity index (χ0) is 12.8. The van der Waals surface area contributed by atoms with E-state index in [0.29, 0.717) is 12.3 Å². The van der Waals surface area contributed by atoms with Crippen LogP contribution in [-0.4, -0.2) is 25.5 Å². The fourth-order valence-electron chi connectivity index (χ4n) is 2.25. The van der Waals surface area contributed by atoms with Crippen molar-refractivity contribution in [3.05, 3.63) is 33.4 Å². The average molecular weight is 358 g/mol. The summed E-state index contributed by atoms with van der Waals surface area (Å²) < 4.78 is 1.18. The van der Waals surface area contributed by atoms with E-state index in [-0.39, 0.29) is 5.91 Å². The van der Waals surface area contributed by atoms with Gasteiger partial charge in [0.15, 0.2) is 0 Å². The van der Waals surface area contributed by atoms with Crippen molar-refractivity contribution in [1.29, 1.82) is 0 Å². The van der Waals surface area contributed by atoms with Gasteiger partial charge in [0, 0.05) is 10.1 Å². The highest BCUT2D eigenvalue weighted by molar-refractivity contribution is 14.1. The van der Waals surface area contributed by atoms with E-state index >= 15 is 0 Å². The number of halogens is 1. The Hall–Kier alpha value is -0.620. The molecule has 1 atom stereocenters. The molecule has 0 saturated carbocycles. The Morgan fingerprint density at radius 3 is 3.11 bits per heavy atom. The molecule has 0 aromatic heterocycles. The third-order valence-electron chi connectivity index (χ3n) is 3.24. The molecule has 2 rings (SSSR count). The van der Waals surface area contributed by atoms with Gasteiger partial charge in [0.2, 0.25) is 5.91 Å². The number of carbonyl (C=O) groups is 1. The summed E-state index contributed by atoms with van der Waals surface area (Å²) in [5, 5.41) is 6.40. The van der Waals surface area contributed by atoms with Crippen molar-refractivity contribution in [2.75, 3.05) is 19.6 Å². The van der Waals surface area contributed by atoms with Crippen LogP contribution >= 0.6 is 22.6 Å². The molecule has 0 bridgehead atoms. The summed E-state index contributed by atoms with van der Waals surface area (Å²) in [6.07, 6.45) is 2.92. The van der Waals surface area contributed by atoms with Crippen molar-refractivity contribution in [2.45, 2.75) is 19.3 Å². The lowest BCUT2D eigenvalue weighted by Gasteiger charge is -2.22. The fraction of sp³-hybridized carbons (Fsp3) is 0.500. The first-order chi connectivity index (χ1) is 8.74. The van der Waals surface area contributed by atoms with Gasteiger partial charge in [0.25, 0.3) is 0 Å². The highest BCUT2D eigenvalue weighted by Crippen LogP contribution is 2.10. The van der Waals surface area contributed by atoms with Gasteiger partial charge in [0.05, 0.1) is 6.42 Å². The Bertz CT molecular complexity index is 403. The van der Waals surface area contributed by atoms with Crippen molar-refractivity contribution in [3.63, 3.8) is 0 Å². The SMILES string of the molecule is O=C(Cc1cccc(I)c1)NCC1CCCNC1. The lowest BCUT2D eigenvalue weighted by Crippen LogP contribution is -2.38. The average Bonchev–Trinajstić information content (AvgIpc) is 2.38. The van der Waals surface area contributed by atoms with E-state index < -0.39 is 0 Å². The van der Waals surface area contributed by atoms with Gasteiger partial charge < -0.3 is 10.6 Å². The number of hydrogen-bond acceptors (Lipinski definition) is 2. The fourth-order valence-corrected chi connectivity index (χ4v) is 2.86. The quantitative estimate of drug-likeness (QED) is 0.808. The van der Waals surface area contributed by atoms with Crippen LogP contribution in [0.2, 0.25) is 0 Å². The number of nitrogens with one attached hydrogen (secondary N) is 2.